The molecule has 8 rings (SSSR count). The number of rotatable bonds is 11. The smallest absolute Gasteiger partial charge is 0.303 e. The van der Waals surface area contributed by atoms with Crippen LogP contribution >= 0.6 is 23.2 Å². The van der Waals surface area contributed by atoms with E-state index in [4.69, 9.17) is 43.9 Å². The normalized spacial score (nSPS) is 12.9. The van der Waals surface area contributed by atoms with Crippen molar-refractivity contribution >= 4 is 69.8 Å². The van der Waals surface area contributed by atoms with Crippen LogP contribution in [0.15, 0.2) is 85.7 Å². The standard InChI is InChI=1S/2C22H21ClN6O.C4H6O4/c2*1-22(2,30)15-4-6-20(25-11-15)28-21-17-7-8-29(12-19(17)26-13-27-21)16-5-3-14(10-24)18(23)9-16;5-3(6)1-2-4(7)8/h2*3-6,9,11,13,30H,7-8,12H2,1-2H3,(H,25,26,27,28);1-2H2,(H,5,6)(H,7,8). The lowest BCUT2D eigenvalue weighted by atomic mass is 10.0. The minimum absolute atomic E-state index is 0.296. The van der Waals surface area contributed by atoms with Crippen molar-refractivity contribution in [2.75, 3.05) is 33.5 Å². The Morgan fingerprint density at radius 1 is 0.632 bits per heavy atom. The minimum atomic E-state index is -1.08. The monoisotopic (exact) mass is 958 g/mol. The predicted octanol–water partition coefficient (Wildman–Crippen LogP) is 7.80. The predicted molar refractivity (Wildman–Crippen MR) is 256 cm³/mol. The van der Waals surface area contributed by atoms with Crippen LogP contribution in [-0.2, 0) is 46.7 Å². The number of aromatic nitrogens is 6. The summed E-state index contributed by atoms with van der Waals surface area (Å²) < 4.78 is 0. The summed E-state index contributed by atoms with van der Waals surface area (Å²) in [5, 5.41) is 61.5. The van der Waals surface area contributed by atoms with Crippen LogP contribution in [0, 0.1) is 22.7 Å². The minimum Gasteiger partial charge on any atom is -0.481 e. The summed E-state index contributed by atoms with van der Waals surface area (Å²) in [5.74, 6) is 0.636. The van der Waals surface area contributed by atoms with Gasteiger partial charge in [-0.25, -0.2) is 29.9 Å². The van der Waals surface area contributed by atoms with Crippen LogP contribution in [-0.4, -0.2) is 75.4 Å². The van der Waals surface area contributed by atoms with E-state index < -0.39 is 23.1 Å². The van der Waals surface area contributed by atoms with Gasteiger partial charge in [0.15, 0.2) is 0 Å². The molecule has 0 saturated heterocycles. The van der Waals surface area contributed by atoms with Gasteiger partial charge in [0.05, 0.1) is 69.7 Å². The van der Waals surface area contributed by atoms with E-state index in [2.05, 4.69) is 62.5 Å². The number of nitrogens with one attached hydrogen (secondary N) is 2. The summed E-state index contributed by atoms with van der Waals surface area (Å²) in [6.45, 7) is 9.72. The molecule has 6 heterocycles. The molecule has 6 N–H and O–H groups in total. The number of nitriles is 2. The van der Waals surface area contributed by atoms with Gasteiger partial charge in [-0.15, -0.1) is 0 Å². The van der Waals surface area contributed by atoms with Crippen LogP contribution < -0.4 is 20.4 Å². The molecule has 0 saturated carbocycles. The van der Waals surface area contributed by atoms with E-state index in [0.717, 1.165) is 82.6 Å². The molecule has 18 nitrogen and oxygen atoms in total. The molecule has 4 aromatic heterocycles. The molecule has 0 aliphatic carbocycles. The first-order valence-corrected chi connectivity index (χ1v) is 22.0. The van der Waals surface area contributed by atoms with E-state index in [1.807, 2.05) is 48.5 Å². The molecule has 2 aliphatic heterocycles. The number of aliphatic hydroxyl groups is 2. The van der Waals surface area contributed by atoms with Crippen molar-refractivity contribution in [2.24, 2.45) is 0 Å². The number of benzene rings is 2. The second-order valence-corrected chi connectivity index (χ2v) is 17.5. The fourth-order valence-electron chi connectivity index (χ4n) is 7.06. The van der Waals surface area contributed by atoms with Crippen LogP contribution in [0.5, 0.6) is 0 Å². The second kappa shape index (κ2) is 21.9. The molecule has 0 bridgehead atoms. The van der Waals surface area contributed by atoms with E-state index in [1.54, 1.807) is 64.9 Å². The highest BCUT2D eigenvalue weighted by atomic mass is 35.5. The molecule has 6 aromatic rings. The number of carboxylic acid groups (broad SMARTS) is 2. The van der Waals surface area contributed by atoms with Crippen molar-refractivity contribution in [1.82, 2.24) is 29.9 Å². The summed E-state index contributed by atoms with van der Waals surface area (Å²) in [6, 6.07) is 22.4. The van der Waals surface area contributed by atoms with Crippen LogP contribution in [0.4, 0.5) is 34.6 Å². The zero-order valence-corrected chi connectivity index (χ0v) is 39.1. The number of aliphatic carboxylic acids is 2. The zero-order chi connectivity index (χ0) is 49.2. The molecular formula is C48H48Cl2N12O6. The summed E-state index contributed by atoms with van der Waals surface area (Å²) in [4.78, 5) is 50.2. The van der Waals surface area contributed by atoms with Gasteiger partial charge in [0.25, 0.3) is 0 Å². The Labute approximate surface area is 402 Å². The molecule has 0 atom stereocenters. The maximum absolute atomic E-state index is 10.1. The number of hydrogen-bond donors (Lipinski definition) is 6. The highest BCUT2D eigenvalue weighted by Gasteiger charge is 2.25. The molecule has 0 fully saturated rings. The van der Waals surface area contributed by atoms with Gasteiger partial charge < -0.3 is 40.9 Å². The first-order chi connectivity index (χ1) is 32.3. The lowest BCUT2D eigenvalue weighted by molar-refractivity contribution is -0.143. The SMILES string of the molecule is CC(C)(O)c1ccc(Nc2ncnc3c2CCN(c2ccc(C#N)c(Cl)c2)C3)nc1.CC(C)(O)c1ccc(Nc2ncnc3c2CCN(c2ccc(C#N)c(Cl)c2)C3)nc1.O=C(O)CCC(=O)O. The summed E-state index contributed by atoms with van der Waals surface area (Å²) in [7, 11) is 0. The lowest BCUT2D eigenvalue weighted by Crippen LogP contribution is -2.31. The number of halogens is 2. The Morgan fingerprint density at radius 3 is 1.34 bits per heavy atom. The molecule has 0 spiro atoms. The molecule has 20 heteroatoms. The number of anilines is 6. The van der Waals surface area contributed by atoms with Crippen LogP contribution in [0.3, 0.4) is 0 Å². The first kappa shape index (κ1) is 49.9. The number of nitrogens with zero attached hydrogens (tertiary/aromatic N) is 10. The van der Waals surface area contributed by atoms with Crippen molar-refractivity contribution in [3.05, 3.63) is 141 Å². The molecule has 68 heavy (non-hydrogen) atoms. The van der Waals surface area contributed by atoms with E-state index in [0.29, 0.717) is 45.9 Å². The van der Waals surface area contributed by atoms with Gasteiger partial charge in [-0.3, -0.25) is 9.59 Å². The highest BCUT2D eigenvalue weighted by Crippen LogP contribution is 2.33. The number of pyridine rings is 2. The van der Waals surface area contributed by atoms with Gasteiger partial charge >= 0.3 is 11.9 Å². The quantitative estimate of drug-likeness (QED) is 0.0723. The van der Waals surface area contributed by atoms with E-state index in [1.165, 1.54) is 0 Å². The van der Waals surface area contributed by atoms with Crippen LogP contribution in [0.25, 0.3) is 0 Å². The van der Waals surface area contributed by atoms with Gasteiger partial charge in [-0.1, -0.05) is 35.3 Å². The third-order valence-electron chi connectivity index (χ3n) is 10.9. The number of carboxylic acids is 2. The molecule has 2 aromatic carbocycles. The number of fused-ring (bicyclic) bond motifs is 2. The van der Waals surface area contributed by atoms with Crippen molar-refractivity contribution < 1.29 is 30.0 Å². The largest absolute Gasteiger partial charge is 0.481 e. The Morgan fingerprint density at radius 2 is 1.03 bits per heavy atom. The molecular weight excluding hydrogens is 912 g/mol. The summed E-state index contributed by atoms with van der Waals surface area (Å²) in [6.07, 6.45) is 7.34. The van der Waals surface area contributed by atoms with Crippen molar-refractivity contribution in [3.63, 3.8) is 0 Å². The lowest BCUT2D eigenvalue weighted by Gasteiger charge is -2.30. The average molecular weight is 960 g/mol. The van der Waals surface area contributed by atoms with Crippen molar-refractivity contribution in [2.45, 2.75) is 77.7 Å². The summed E-state index contributed by atoms with van der Waals surface area (Å²) in [5.41, 5.74) is 6.47. The Kier molecular flexibility index (Phi) is 16.1. The van der Waals surface area contributed by atoms with Crippen LogP contribution in [0.1, 0.15) is 85.3 Å². The van der Waals surface area contributed by atoms with Gasteiger partial charge in [-0.05, 0) is 89.1 Å². The van der Waals surface area contributed by atoms with Crippen molar-refractivity contribution in [1.29, 1.82) is 10.5 Å². The summed E-state index contributed by atoms with van der Waals surface area (Å²) >= 11 is 12.4. The zero-order valence-electron chi connectivity index (χ0n) is 37.6. The third kappa shape index (κ3) is 13.1. The van der Waals surface area contributed by atoms with E-state index >= 15 is 0 Å². The Bertz CT molecular complexity index is 2660. The third-order valence-corrected chi connectivity index (χ3v) is 11.5. The molecule has 0 amide bonds. The number of carbonyl (C=O) groups is 2. The topological polar surface area (TPSA) is 271 Å². The molecule has 2 aliphatic rings. The van der Waals surface area contributed by atoms with Crippen molar-refractivity contribution in [3.8, 4) is 12.1 Å². The van der Waals surface area contributed by atoms with Gasteiger partial charge in [0, 0.05) is 59.1 Å². The highest BCUT2D eigenvalue weighted by molar-refractivity contribution is 6.32. The first-order valence-electron chi connectivity index (χ1n) is 21.2. The average Bonchev–Trinajstić information content (AvgIpc) is 3.31. The Hall–Kier alpha value is -7.48. The number of hydrogen-bond acceptors (Lipinski definition) is 16. The van der Waals surface area contributed by atoms with Gasteiger partial charge in [-0.2, -0.15) is 10.5 Å². The maximum Gasteiger partial charge on any atom is 0.303 e. The van der Waals surface area contributed by atoms with Crippen LogP contribution in [0.2, 0.25) is 10.0 Å². The van der Waals surface area contributed by atoms with Gasteiger partial charge in [0.1, 0.15) is 48.1 Å². The fourth-order valence-corrected chi connectivity index (χ4v) is 7.50. The molecule has 0 unspecified atom stereocenters. The van der Waals surface area contributed by atoms with E-state index in [9.17, 15) is 19.8 Å². The Balaban J connectivity index is 0.000000193. The maximum atomic E-state index is 10.1. The van der Waals surface area contributed by atoms with E-state index in [-0.39, 0.29) is 12.8 Å². The van der Waals surface area contributed by atoms with Gasteiger partial charge in [0.2, 0.25) is 0 Å². The molecule has 0 radical (unpaired) electrons. The fraction of sp³-hybridized carbons (Fsp3) is 0.292. The second-order valence-electron chi connectivity index (χ2n) is 16.7. The molecule has 350 valence electrons.